The summed E-state index contributed by atoms with van der Waals surface area (Å²) in [6.45, 7) is 3.30. The lowest BCUT2D eigenvalue weighted by atomic mass is 10.3. The first-order valence-corrected chi connectivity index (χ1v) is 9.93. The minimum atomic E-state index is -0.497. The van der Waals surface area contributed by atoms with Crippen molar-refractivity contribution in [3.8, 4) is 0 Å². The van der Waals surface area contributed by atoms with E-state index in [1.807, 2.05) is 5.38 Å². The van der Waals surface area contributed by atoms with E-state index in [0.717, 1.165) is 13.0 Å². The minimum absolute atomic E-state index is 0.00257. The van der Waals surface area contributed by atoms with Crippen molar-refractivity contribution in [3.05, 3.63) is 46.0 Å². The molecule has 3 heterocycles. The molecule has 150 valence electrons. The van der Waals surface area contributed by atoms with E-state index in [9.17, 15) is 14.4 Å². The summed E-state index contributed by atoms with van der Waals surface area (Å²) >= 11 is 1.35. The molecule has 2 aromatic rings. The average molecular weight is 405 g/mol. The number of hydrogen-bond donors (Lipinski definition) is 1. The van der Waals surface area contributed by atoms with Crippen LogP contribution in [0.25, 0.3) is 0 Å². The number of furan rings is 1. The average Bonchev–Trinajstić information content (AvgIpc) is 3.34. The molecule has 1 aliphatic heterocycles. The first kappa shape index (κ1) is 20.1. The molecule has 0 bridgehead atoms. The number of methoxy groups -OCH3 is 1. The lowest BCUT2D eigenvalue weighted by molar-refractivity contribution is -0.130. The van der Waals surface area contributed by atoms with Gasteiger partial charge in [-0.05, 0) is 30.0 Å². The Morgan fingerprint density at radius 1 is 1.18 bits per heavy atom. The molecule has 0 aromatic carbocycles. The van der Waals surface area contributed by atoms with Gasteiger partial charge >= 0.3 is 5.97 Å². The molecule has 0 spiro atoms. The zero-order valence-electron chi connectivity index (χ0n) is 15.7. The lowest BCUT2D eigenvalue weighted by Crippen LogP contribution is -2.41. The fourth-order valence-corrected chi connectivity index (χ4v) is 3.67. The predicted octanol–water partition coefficient (Wildman–Crippen LogP) is 1.59. The Morgan fingerprint density at radius 2 is 2.04 bits per heavy atom. The van der Waals surface area contributed by atoms with Crippen LogP contribution in [0, 0.1) is 0 Å². The summed E-state index contributed by atoms with van der Waals surface area (Å²) in [5.74, 6) is 0.0641. The van der Waals surface area contributed by atoms with Crippen molar-refractivity contribution in [3.63, 3.8) is 0 Å². The second-order valence-corrected chi connectivity index (χ2v) is 7.38. The van der Waals surface area contributed by atoms with Crippen molar-refractivity contribution >= 4 is 29.1 Å². The van der Waals surface area contributed by atoms with E-state index in [1.54, 1.807) is 29.2 Å². The summed E-state index contributed by atoms with van der Waals surface area (Å²) in [6.07, 6.45) is 0.829. The van der Waals surface area contributed by atoms with Crippen LogP contribution in [-0.4, -0.2) is 67.4 Å². The number of rotatable bonds is 6. The number of hydrogen-bond acceptors (Lipinski definition) is 7. The first-order chi connectivity index (χ1) is 13.6. The molecule has 1 N–H and O–H groups in total. The number of amides is 2. The second kappa shape index (κ2) is 9.52. The van der Waals surface area contributed by atoms with E-state index in [2.05, 4.69) is 15.0 Å². The minimum Gasteiger partial charge on any atom is -0.463 e. The van der Waals surface area contributed by atoms with Gasteiger partial charge in [0, 0.05) is 26.2 Å². The van der Waals surface area contributed by atoms with Gasteiger partial charge in [0.25, 0.3) is 5.91 Å². The number of esters is 1. The molecule has 3 rings (SSSR count). The highest BCUT2D eigenvalue weighted by atomic mass is 32.1. The van der Waals surface area contributed by atoms with Crippen LogP contribution in [0.3, 0.4) is 0 Å². The number of carbonyl (C=O) groups is 3. The van der Waals surface area contributed by atoms with Gasteiger partial charge < -0.3 is 19.4 Å². The molecule has 0 saturated carbocycles. The van der Waals surface area contributed by atoms with Crippen LogP contribution in [0.4, 0.5) is 0 Å². The van der Waals surface area contributed by atoms with Crippen LogP contribution in [0.15, 0.2) is 34.1 Å². The van der Waals surface area contributed by atoms with Gasteiger partial charge in [0.05, 0.1) is 25.1 Å². The van der Waals surface area contributed by atoms with Crippen LogP contribution >= 0.6 is 11.3 Å². The molecular formula is C19H23N3O5S. The summed E-state index contributed by atoms with van der Waals surface area (Å²) in [4.78, 5) is 40.4. The van der Waals surface area contributed by atoms with Crippen molar-refractivity contribution in [2.75, 3.05) is 39.8 Å². The number of nitrogens with zero attached hydrogens (tertiary/aromatic N) is 2. The Morgan fingerprint density at radius 3 is 2.79 bits per heavy atom. The third-order valence-electron chi connectivity index (χ3n) is 4.51. The molecule has 0 radical (unpaired) electrons. The van der Waals surface area contributed by atoms with Gasteiger partial charge in [-0.3, -0.25) is 14.5 Å². The quantitative estimate of drug-likeness (QED) is 0.734. The summed E-state index contributed by atoms with van der Waals surface area (Å²) in [5, 5.41) is 4.51. The Hall–Kier alpha value is -2.65. The fourth-order valence-electron chi connectivity index (χ4n) is 3.03. The zero-order valence-corrected chi connectivity index (χ0v) is 16.5. The number of ether oxygens (including phenoxy) is 1. The molecule has 1 saturated heterocycles. The Labute approximate surface area is 167 Å². The topological polar surface area (TPSA) is 92.1 Å². The maximum absolute atomic E-state index is 12.4. The van der Waals surface area contributed by atoms with Crippen molar-refractivity contribution in [2.24, 2.45) is 0 Å². The molecule has 9 heteroatoms. The summed E-state index contributed by atoms with van der Waals surface area (Å²) in [6, 6.07) is 6.90. The van der Waals surface area contributed by atoms with E-state index >= 15 is 0 Å². The Balaban J connectivity index is 1.46. The number of thiophene rings is 1. The molecule has 28 heavy (non-hydrogen) atoms. The van der Waals surface area contributed by atoms with Crippen LogP contribution in [0.5, 0.6) is 0 Å². The van der Waals surface area contributed by atoms with E-state index in [4.69, 9.17) is 4.42 Å². The monoisotopic (exact) mass is 405 g/mol. The third kappa shape index (κ3) is 5.20. The number of nitrogens with one attached hydrogen (secondary N) is 1. The van der Waals surface area contributed by atoms with Gasteiger partial charge in [-0.2, -0.15) is 0 Å². The van der Waals surface area contributed by atoms with E-state index in [-0.39, 0.29) is 24.1 Å². The van der Waals surface area contributed by atoms with Crippen molar-refractivity contribution < 1.29 is 23.5 Å². The van der Waals surface area contributed by atoms with Gasteiger partial charge in [-0.25, -0.2) is 4.79 Å². The predicted molar refractivity (Wildman–Crippen MR) is 103 cm³/mol. The van der Waals surface area contributed by atoms with E-state index < -0.39 is 5.97 Å². The highest BCUT2D eigenvalue weighted by molar-refractivity contribution is 7.12. The van der Waals surface area contributed by atoms with Crippen LogP contribution in [0.1, 0.15) is 32.4 Å². The van der Waals surface area contributed by atoms with Gasteiger partial charge in [0.2, 0.25) is 11.7 Å². The SMILES string of the molecule is COC(=O)c1ccc(CN2CCCN(C(=O)CNC(=O)c3cccs3)CC2)o1. The van der Waals surface area contributed by atoms with Crippen molar-refractivity contribution in [2.45, 2.75) is 13.0 Å². The Kier molecular flexibility index (Phi) is 6.83. The molecule has 0 aliphatic carbocycles. The molecule has 0 atom stereocenters. The van der Waals surface area contributed by atoms with E-state index in [0.29, 0.717) is 36.8 Å². The third-order valence-corrected chi connectivity index (χ3v) is 5.38. The fraction of sp³-hybridized carbons (Fsp3) is 0.421. The Bertz CT molecular complexity index is 817. The number of carbonyl (C=O) groups excluding carboxylic acids is 3. The van der Waals surface area contributed by atoms with Gasteiger partial charge in [-0.15, -0.1) is 11.3 Å². The second-order valence-electron chi connectivity index (χ2n) is 6.43. The molecule has 1 aliphatic rings. The first-order valence-electron chi connectivity index (χ1n) is 9.05. The van der Waals surface area contributed by atoms with Crippen LogP contribution in [0.2, 0.25) is 0 Å². The van der Waals surface area contributed by atoms with Gasteiger partial charge in [0.15, 0.2) is 0 Å². The highest BCUT2D eigenvalue weighted by Crippen LogP contribution is 2.14. The molecule has 0 unspecified atom stereocenters. The van der Waals surface area contributed by atoms with Gasteiger partial charge in [0.1, 0.15) is 5.76 Å². The molecule has 8 nitrogen and oxygen atoms in total. The van der Waals surface area contributed by atoms with Crippen molar-refractivity contribution in [1.29, 1.82) is 0 Å². The standard InChI is InChI=1S/C19H23N3O5S/c1-26-19(25)15-6-5-14(27-15)13-21-7-3-8-22(10-9-21)17(23)12-20-18(24)16-4-2-11-28-16/h2,4-6,11H,3,7-10,12-13H2,1H3,(H,20,24). The summed E-state index contributed by atoms with van der Waals surface area (Å²) in [5.41, 5.74) is 0. The van der Waals surface area contributed by atoms with E-state index in [1.165, 1.54) is 18.4 Å². The van der Waals surface area contributed by atoms with Gasteiger partial charge in [-0.1, -0.05) is 6.07 Å². The summed E-state index contributed by atoms with van der Waals surface area (Å²) < 4.78 is 10.2. The maximum Gasteiger partial charge on any atom is 0.373 e. The maximum atomic E-state index is 12.4. The molecular weight excluding hydrogens is 382 g/mol. The van der Waals surface area contributed by atoms with Crippen LogP contribution in [-0.2, 0) is 16.1 Å². The molecule has 1 fully saturated rings. The largest absolute Gasteiger partial charge is 0.463 e. The normalized spacial score (nSPS) is 15.1. The van der Waals surface area contributed by atoms with Crippen molar-refractivity contribution in [1.82, 2.24) is 15.1 Å². The highest BCUT2D eigenvalue weighted by Gasteiger charge is 2.21. The summed E-state index contributed by atoms with van der Waals surface area (Å²) in [7, 11) is 1.31. The lowest BCUT2D eigenvalue weighted by Gasteiger charge is -2.21. The molecule has 2 aromatic heterocycles. The van der Waals surface area contributed by atoms with Crippen LogP contribution < -0.4 is 5.32 Å². The zero-order chi connectivity index (χ0) is 19.9. The smallest absolute Gasteiger partial charge is 0.373 e. The molecule has 2 amide bonds.